The molecule has 4 heteroatoms. The maximum atomic E-state index is 9.72. The molecule has 0 bridgehead atoms. The van der Waals surface area contributed by atoms with E-state index in [2.05, 4.69) is 22.4 Å². The first-order valence-electron chi connectivity index (χ1n) is 8.82. The van der Waals surface area contributed by atoms with Gasteiger partial charge in [-0.3, -0.25) is 4.98 Å². The fourth-order valence-electron chi connectivity index (χ4n) is 3.28. The third-order valence-corrected chi connectivity index (χ3v) is 5.09. The number of aromatic nitrogens is 1. The summed E-state index contributed by atoms with van der Waals surface area (Å²) in [6.45, 7) is 0.892. The van der Waals surface area contributed by atoms with Gasteiger partial charge in [0.1, 0.15) is 11.5 Å². The lowest BCUT2D eigenvalue weighted by atomic mass is 9.95. The summed E-state index contributed by atoms with van der Waals surface area (Å²) in [5, 5.41) is 13.3. The van der Waals surface area contributed by atoms with E-state index < -0.39 is 0 Å². The highest BCUT2D eigenvalue weighted by molar-refractivity contribution is 5.62. The maximum Gasteiger partial charge on any atom is 0.119 e. The molecule has 0 radical (unpaired) electrons. The van der Waals surface area contributed by atoms with Crippen molar-refractivity contribution in [1.29, 1.82) is 0 Å². The smallest absolute Gasteiger partial charge is 0.119 e. The average molecular weight is 346 g/mol. The van der Waals surface area contributed by atoms with Gasteiger partial charge in [0.05, 0.1) is 12.8 Å². The molecule has 0 spiro atoms. The molecular weight excluding hydrogens is 324 g/mol. The van der Waals surface area contributed by atoms with Gasteiger partial charge in [0, 0.05) is 29.4 Å². The molecule has 4 rings (SSSR count). The molecule has 0 atom stereocenters. The second kappa shape index (κ2) is 6.71. The fraction of sp³-hybridized carbons (Fsp3) is 0.227. The van der Waals surface area contributed by atoms with Crippen molar-refractivity contribution in [1.82, 2.24) is 4.98 Å². The van der Waals surface area contributed by atoms with Crippen LogP contribution in [0.4, 0.5) is 5.69 Å². The quantitative estimate of drug-likeness (QED) is 0.684. The fourth-order valence-corrected chi connectivity index (χ4v) is 3.28. The number of phenols is 1. The van der Waals surface area contributed by atoms with Gasteiger partial charge in [0.15, 0.2) is 0 Å². The summed E-state index contributed by atoms with van der Waals surface area (Å²) >= 11 is 0. The van der Waals surface area contributed by atoms with Crippen LogP contribution in [0.2, 0.25) is 0 Å². The number of pyridine rings is 1. The van der Waals surface area contributed by atoms with Crippen molar-refractivity contribution in [3.63, 3.8) is 0 Å². The van der Waals surface area contributed by atoms with Gasteiger partial charge in [-0.1, -0.05) is 12.1 Å². The van der Waals surface area contributed by atoms with Crippen molar-refractivity contribution < 1.29 is 9.84 Å². The molecule has 2 aromatic carbocycles. The first kappa shape index (κ1) is 16.5. The second-order valence-corrected chi connectivity index (χ2v) is 6.84. The number of anilines is 1. The minimum absolute atomic E-state index is 0.161. The van der Waals surface area contributed by atoms with Crippen molar-refractivity contribution in [3.05, 3.63) is 72.4 Å². The van der Waals surface area contributed by atoms with Gasteiger partial charge in [0.2, 0.25) is 0 Å². The lowest BCUT2D eigenvalue weighted by Crippen LogP contribution is -2.19. The van der Waals surface area contributed by atoms with Gasteiger partial charge < -0.3 is 15.2 Å². The number of hydrogen-bond acceptors (Lipinski definition) is 4. The van der Waals surface area contributed by atoms with Crippen molar-refractivity contribution in [2.24, 2.45) is 0 Å². The zero-order valence-corrected chi connectivity index (χ0v) is 14.8. The summed E-state index contributed by atoms with van der Waals surface area (Å²) in [5.41, 5.74) is 4.39. The topological polar surface area (TPSA) is 54.4 Å². The molecular formula is C22H22N2O2. The molecule has 4 nitrogen and oxygen atoms in total. The number of methoxy groups -OCH3 is 1. The Morgan fingerprint density at radius 2 is 1.88 bits per heavy atom. The monoisotopic (exact) mass is 346 g/mol. The normalized spacial score (nSPS) is 14.7. The number of nitrogens with zero attached hydrogens (tertiary/aromatic N) is 1. The summed E-state index contributed by atoms with van der Waals surface area (Å²) in [6.07, 6.45) is 4.20. The Bertz CT molecular complexity index is 902. The number of aromatic hydroxyl groups is 1. The molecule has 1 aromatic heterocycles. The van der Waals surface area contributed by atoms with E-state index in [9.17, 15) is 5.11 Å². The van der Waals surface area contributed by atoms with Crippen LogP contribution in [0.25, 0.3) is 11.3 Å². The van der Waals surface area contributed by atoms with Crippen molar-refractivity contribution >= 4 is 5.69 Å². The van der Waals surface area contributed by atoms with Crippen LogP contribution in [0.1, 0.15) is 18.4 Å². The van der Waals surface area contributed by atoms with E-state index in [-0.39, 0.29) is 11.2 Å². The Morgan fingerprint density at radius 3 is 2.58 bits per heavy atom. The molecule has 0 unspecified atom stereocenters. The number of nitrogens with one attached hydrogen (secondary N) is 1. The van der Waals surface area contributed by atoms with Gasteiger partial charge in [-0.05, 0) is 66.9 Å². The third kappa shape index (κ3) is 3.36. The molecule has 26 heavy (non-hydrogen) atoms. The Morgan fingerprint density at radius 1 is 1.08 bits per heavy atom. The molecule has 132 valence electrons. The summed E-state index contributed by atoms with van der Waals surface area (Å²) in [5.74, 6) is 1.12. The number of rotatable bonds is 6. The Labute approximate surface area is 153 Å². The Balaban J connectivity index is 1.52. The minimum Gasteiger partial charge on any atom is -0.508 e. The molecule has 1 fully saturated rings. The van der Waals surface area contributed by atoms with Crippen LogP contribution in [0.3, 0.4) is 0 Å². The lowest BCUT2D eigenvalue weighted by Gasteiger charge is -2.18. The summed E-state index contributed by atoms with van der Waals surface area (Å²) < 4.78 is 5.21. The predicted molar refractivity (Wildman–Crippen MR) is 104 cm³/mol. The SMILES string of the molecule is COc1ccc(NCC2(c3ccnc(-c4cccc(O)c4)c3)CC2)cc1. The Hall–Kier alpha value is -3.01. The van der Waals surface area contributed by atoms with Crippen molar-refractivity contribution in [2.75, 3.05) is 19.0 Å². The molecule has 1 saturated carbocycles. The molecule has 1 aliphatic rings. The van der Waals surface area contributed by atoms with Gasteiger partial charge in [-0.15, -0.1) is 0 Å². The van der Waals surface area contributed by atoms with E-state index in [4.69, 9.17) is 4.74 Å². The number of ether oxygens (including phenoxy) is 1. The Kier molecular flexibility index (Phi) is 4.25. The molecule has 0 saturated heterocycles. The lowest BCUT2D eigenvalue weighted by molar-refractivity contribution is 0.415. The van der Waals surface area contributed by atoms with E-state index >= 15 is 0 Å². The van der Waals surface area contributed by atoms with Crippen LogP contribution in [0.15, 0.2) is 66.9 Å². The van der Waals surface area contributed by atoms with E-state index in [1.165, 1.54) is 18.4 Å². The highest BCUT2D eigenvalue weighted by atomic mass is 16.5. The maximum absolute atomic E-state index is 9.72. The second-order valence-electron chi connectivity index (χ2n) is 6.84. The van der Waals surface area contributed by atoms with E-state index in [0.717, 1.165) is 29.2 Å². The molecule has 1 heterocycles. The van der Waals surface area contributed by atoms with Gasteiger partial charge in [-0.2, -0.15) is 0 Å². The van der Waals surface area contributed by atoms with Crippen LogP contribution in [-0.2, 0) is 5.41 Å². The number of hydrogen-bond donors (Lipinski definition) is 2. The molecule has 2 N–H and O–H groups in total. The van der Waals surface area contributed by atoms with Gasteiger partial charge in [0.25, 0.3) is 0 Å². The minimum atomic E-state index is 0.161. The van der Waals surface area contributed by atoms with Crippen LogP contribution >= 0.6 is 0 Å². The third-order valence-electron chi connectivity index (χ3n) is 5.09. The summed E-state index contributed by atoms with van der Waals surface area (Å²) in [6, 6.07) is 19.5. The van der Waals surface area contributed by atoms with Crippen molar-refractivity contribution in [3.8, 4) is 22.8 Å². The van der Waals surface area contributed by atoms with E-state index in [0.29, 0.717) is 0 Å². The number of phenolic OH excluding ortho intramolecular Hbond substituents is 1. The molecule has 1 aliphatic carbocycles. The van der Waals surface area contributed by atoms with Crippen LogP contribution in [0, 0.1) is 0 Å². The van der Waals surface area contributed by atoms with Crippen LogP contribution < -0.4 is 10.1 Å². The first-order chi connectivity index (χ1) is 12.7. The van der Waals surface area contributed by atoms with Gasteiger partial charge >= 0.3 is 0 Å². The largest absolute Gasteiger partial charge is 0.508 e. The van der Waals surface area contributed by atoms with Crippen LogP contribution in [0.5, 0.6) is 11.5 Å². The highest BCUT2D eigenvalue weighted by Gasteiger charge is 2.44. The molecule has 3 aromatic rings. The van der Waals surface area contributed by atoms with Crippen LogP contribution in [-0.4, -0.2) is 23.7 Å². The number of benzene rings is 2. The standard InChI is InChI=1S/C22H22N2O2/c1-26-20-7-5-18(6-8-20)24-15-22(10-11-22)17-9-12-23-21(14-17)16-3-2-4-19(25)13-16/h2-9,12-14,24-25H,10-11,15H2,1H3. The summed E-state index contributed by atoms with van der Waals surface area (Å²) in [7, 11) is 1.68. The van der Waals surface area contributed by atoms with E-state index in [1.807, 2.05) is 42.6 Å². The first-order valence-corrected chi connectivity index (χ1v) is 8.82. The molecule has 0 amide bonds. The van der Waals surface area contributed by atoms with Gasteiger partial charge in [-0.25, -0.2) is 0 Å². The van der Waals surface area contributed by atoms with Crippen molar-refractivity contribution in [2.45, 2.75) is 18.3 Å². The molecule has 0 aliphatic heterocycles. The average Bonchev–Trinajstić information content (AvgIpc) is 3.48. The zero-order chi connectivity index (χ0) is 18.0. The highest BCUT2D eigenvalue weighted by Crippen LogP contribution is 2.48. The zero-order valence-electron chi connectivity index (χ0n) is 14.8. The van der Waals surface area contributed by atoms with E-state index in [1.54, 1.807) is 19.2 Å². The summed E-state index contributed by atoms with van der Waals surface area (Å²) in [4.78, 5) is 4.48. The predicted octanol–water partition coefficient (Wildman–Crippen LogP) is 4.61.